The maximum atomic E-state index is 13.5. The number of ketones is 2. The molecule has 0 heterocycles. The van der Waals surface area contributed by atoms with Crippen molar-refractivity contribution in [2.24, 2.45) is 34.0 Å². The van der Waals surface area contributed by atoms with Gasteiger partial charge < -0.3 is 20.4 Å². The van der Waals surface area contributed by atoms with Crippen LogP contribution in [0.2, 0.25) is 0 Å². The molecule has 6 nitrogen and oxygen atoms in total. The van der Waals surface area contributed by atoms with E-state index in [-0.39, 0.29) is 12.0 Å². The highest BCUT2D eigenvalue weighted by Gasteiger charge is 2.93. The van der Waals surface area contributed by atoms with E-state index in [1.807, 2.05) is 13.8 Å². The van der Waals surface area contributed by atoms with Crippen LogP contribution in [0.5, 0.6) is 0 Å². The van der Waals surface area contributed by atoms with Gasteiger partial charge in [0.05, 0.1) is 18.3 Å². The van der Waals surface area contributed by atoms with Gasteiger partial charge in [-0.2, -0.15) is 0 Å². The zero-order chi connectivity index (χ0) is 19.0. The first-order chi connectivity index (χ1) is 12.0. The first-order valence-electron chi connectivity index (χ1n) is 9.55. The highest BCUT2D eigenvalue weighted by molar-refractivity contribution is 6.12. The van der Waals surface area contributed by atoms with Gasteiger partial charge in [0.15, 0.2) is 17.2 Å². The molecule has 9 atom stereocenters. The van der Waals surface area contributed by atoms with Gasteiger partial charge in [0, 0.05) is 23.2 Å². The van der Waals surface area contributed by atoms with Crippen molar-refractivity contribution < 1.29 is 30.0 Å². The monoisotopic (exact) mass is 362 g/mol. The van der Waals surface area contributed by atoms with E-state index in [2.05, 4.69) is 6.58 Å². The zero-order valence-corrected chi connectivity index (χ0v) is 15.1. The number of carbonyl (C=O) groups is 2. The summed E-state index contributed by atoms with van der Waals surface area (Å²) in [6.45, 7) is 7.68. The molecule has 0 unspecified atom stereocenters. The summed E-state index contributed by atoms with van der Waals surface area (Å²) < 4.78 is 0. The summed E-state index contributed by atoms with van der Waals surface area (Å²) in [4.78, 5) is 26.8. The van der Waals surface area contributed by atoms with Crippen molar-refractivity contribution in [1.82, 2.24) is 0 Å². The van der Waals surface area contributed by atoms with E-state index in [9.17, 15) is 30.0 Å². The second kappa shape index (κ2) is 4.32. The van der Waals surface area contributed by atoms with E-state index in [1.54, 1.807) is 0 Å². The summed E-state index contributed by atoms with van der Waals surface area (Å²) in [5.41, 5.74) is -5.61. The lowest BCUT2D eigenvalue weighted by Gasteiger charge is -2.59. The molecule has 0 aromatic heterocycles. The molecule has 0 aromatic carbocycles. The minimum atomic E-state index is -2.36. The van der Waals surface area contributed by atoms with Gasteiger partial charge in [0.25, 0.3) is 0 Å². The van der Waals surface area contributed by atoms with Gasteiger partial charge in [0.1, 0.15) is 5.41 Å². The SMILES string of the molecule is C=C1C(=O)[C@@]23[C@H](O)[C@@H]1C[C@H](O)[C@@H]2[C@]12CCCC(C)(C)[C@H]1C(=O)[C@@]3(O)[C@@H]2O. The smallest absolute Gasteiger partial charge is 0.172 e. The number of hydrogen-bond donors (Lipinski definition) is 4. The molecule has 5 fully saturated rings. The third-order valence-corrected chi connectivity index (χ3v) is 8.84. The summed E-state index contributed by atoms with van der Waals surface area (Å²) in [7, 11) is 0. The predicted molar refractivity (Wildman–Crippen MR) is 89.7 cm³/mol. The Morgan fingerprint density at radius 1 is 1.12 bits per heavy atom. The second-order valence-electron chi connectivity index (χ2n) is 9.98. The average molecular weight is 362 g/mol. The highest BCUT2D eigenvalue weighted by atomic mass is 16.4. The second-order valence-corrected chi connectivity index (χ2v) is 9.98. The fraction of sp³-hybridized carbons (Fsp3) is 0.800. The Labute approximate surface area is 151 Å². The summed E-state index contributed by atoms with van der Waals surface area (Å²) in [6, 6.07) is 0. The Hall–Kier alpha value is -1.08. The molecular weight excluding hydrogens is 336 g/mol. The molecule has 5 rings (SSSR count). The van der Waals surface area contributed by atoms with Crippen LogP contribution in [0.1, 0.15) is 39.5 Å². The molecular formula is C20H26O6. The van der Waals surface area contributed by atoms with Crippen molar-refractivity contribution in [1.29, 1.82) is 0 Å². The first-order valence-corrected chi connectivity index (χ1v) is 9.55. The maximum absolute atomic E-state index is 13.5. The molecule has 5 saturated carbocycles. The number of aliphatic hydroxyl groups excluding tert-OH is 3. The fourth-order valence-electron chi connectivity index (χ4n) is 8.23. The summed E-state index contributed by atoms with van der Waals surface area (Å²) in [5.74, 6) is -3.25. The van der Waals surface area contributed by atoms with E-state index in [1.165, 1.54) is 0 Å². The Kier molecular flexibility index (Phi) is 2.83. The molecule has 0 radical (unpaired) electrons. The Morgan fingerprint density at radius 3 is 2.42 bits per heavy atom. The van der Waals surface area contributed by atoms with E-state index < -0.39 is 69.5 Å². The van der Waals surface area contributed by atoms with E-state index in [0.717, 1.165) is 12.8 Å². The van der Waals surface area contributed by atoms with E-state index in [0.29, 0.717) is 6.42 Å². The van der Waals surface area contributed by atoms with Crippen LogP contribution < -0.4 is 0 Å². The van der Waals surface area contributed by atoms with Gasteiger partial charge in [-0.3, -0.25) is 9.59 Å². The molecule has 0 aromatic rings. The van der Waals surface area contributed by atoms with Crippen LogP contribution in [-0.4, -0.2) is 55.9 Å². The normalized spacial score (nSPS) is 59.5. The molecule has 0 amide bonds. The number of Topliss-reactive ketones (excluding diaryl/α,β-unsaturated/α-hetero) is 2. The molecule has 6 heteroatoms. The Balaban J connectivity index is 1.86. The number of hydrogen-bond acceptors (Lipinski definition) is 6. The van der Waals surface area contributed by atoms with E-state index >= 15 is 0 Å². The number of fused-ring (bicyclic) bond motifs is 2. The lowest BCUT2D eigenvalue weighted by Crippen LogP contribution is -2.70. The van der Waals surface area contributed by atoms with Crippen LogP contribution in [0.15, 0.2) is 12.2 Å². The number of rotatable bonds is 0. The van der Waals surface area contributed by atoms with Crippen molar-refractivity contribution >= 4 is 11.6 Å². The summed E-state index contributed by atoms with van der Waals surface area (Å²) in [5, 5.41) is 45.0. The molecule has 26 heavy (non-hydrogen) atoms. The van der Waals surface area contributed by atoms with Crippen molar-refractivity contribution in [2.45, 2.75) is 63.4 Å². The predicted octanol–water partition coefficient (Wildman–Crippen LogP) is -0.0294. The van der Waals surface area contributed by atoms with Crippen LogP contribution in [0.4, 0.5) is 0 Å². The largest absolute Gasteiger partial charge is 0.393 e. The molecule has 4 bridgehead atoms. The van der Waals surface area contributed by atoms with Gasteiger partial charge in [-0.05, 0) is 30.3 Å². The zero-order valence-electron chi connectivity index (χ0n) is 15.1. The molecule has 142 valence electrons. The van der Waals surface area contributed by atoms with Crippen molar-refractivity contribution in [3.05, 3.63) is 12.2 Å². The minimum absolute atomic E-state index is 0.156. The third kappa shape index (κ3) is 1.25. The quantitative estimate of drug-likeness (QED) is 0.450. The van der Waals surface area contributed by atoms with Gasteiger partial charge in [0.2, 0.25) is 0 Å². The van der Waals surface area contributed by atoms with Crippen LogP contribution in [0, 0.1) is 34.0 Å². The summed E-state index contributed by atoms with van der Waals surface area (Å²) in [6.07, 6.45) is -1.60. The maximum Gasteiger partial charge on any atom is 0.172 e. The molecule has 5 aliphatic rings. The van der Waals surface area contributed by atoms with Gasteiger partial charge in [-0.25, -0.2) is 0 Å². The van der Waals surface area contributed by atoms with Gasteiger partial charge in [-0.1, -0.05) is 26.8 Å². The molecule has 4 N–H and O–H groups in total. The van der Waals surface area contributed by atoms with Crippen molar-refractivity contribution in [3.63, 3.8) is 0 Å². The Morgan fingerprint density at radius 2 is 1.77 bits per heavy atom. The number of carbonyl (C=O) groups excluding carboxylic acids is 2. The average Bonchev–Trinajstić information content (AvgIpc) is 2.90. The number of aliphatic hydroxyl groups is 4. The summed E-state index contributed by atoms with van der Waals surface area (Å²) >= 11 is 0. The van der Waals surface area contributed by atoms with Crippen molar-refractivity contribution in [3.8, 4) is 0 Å². The highest BCUT2D eigenvalue weighted by Crippen LogP contribution is 2.80. The fourth-order valence-corrected chi connectivity index (χ4v) is 8.23. The minimum Gasteiger partial charge on any atom is -0.393 e. The van der Waals surface area contributed by atoms with Crippen LogP contribution >= 0.6 is 0 Å². The van der Waals surface area contributed by atoms with Gasteiger partial charge >= 0.3 is 0 Å². The molecule has 2 spiro atoms. The molecule has 0 saturated heterocycles. The molecule has 0 aliphatic heterocycles. The van der Waals surface area contributed by atoms with Crippen LogP contribution in [-0.2, 0) is 9.59 Å². The van der Waals surface area contributed by atoms with E-state index in [4.69, 9.17) is 0 Å². The lowest BCUT2D eigenvalue weighted by molar-refractivity contribution is -0.217. The molecule has 5 aliphatic carbocycles. The first kappa shape index (κ1) is 17.0. The van der Waals surface area contributed by atoms with Crippen molar-refractivity contribution in [2.75, 3.05) is 0 Å². The topological polar surface area (TPSA) is 115 Å². The van der Waals surface area contributed by atoms with Crippen LogP contribution in [0.3, 0.4) is 0 Å². The third-order valence-electron chi connectivity index (χ3n) is 8.84. The van der Waals surface area contributed by atoms with Crippen LogP contribution in [0.25, 0.3) is 0 Å². The standard InChI is InChI=1S/C20H26O6/c1-8-9-7-10(21)11-18-6-4-5-17(2,3)12(18)15(24)20(26,16(18)25)19(11,13(8)22)14(9)23/h9-12,14,16,21,23,25-26H,1,4-7H2,2-3H3/t9-,10+,11-,12-,14-,16-,18-,19-,20-/m1/s1. The Bertz CT molecular complexity index is 772. The van der Waals surface area contributed by atoms with Gasteiger partial charge in [-0.15, -0.1) is 0 Å². The lowest BCUT2D eigenvalue weighted by atomic mass is 9.44.